The Labute approximate surface area is 146 Å². The lowest BCUT2D eigenvalue weighted by Crippen LogP contribution is -2.35. The van der Waals surface area contributed by atoms with E-state index in [-0.39, 0.29) is 17.4 Å². The number of nitrogens with zero attached hydrogens (tertiary/aromatic N) is 2. The van der Waals surface area contributed by atoms with Crippen LogP contribution < -0.4 is 10.9 Å². The third-order valence-corrected chi connectivity index (χ3v) is 4.24. The van der Waals surface area contributed by atoms with Crippen molar-refractivity contribution in [2.24, 2.45) is 5.92 Å². The normalized spacial score (nSPS) is 10.8. The average molecular weight is 348 g/mol. The number of hydrogen-bond acceptors (Lipinski definition) is 3. The predicted molar refractivity (Wildman–Crippen MR) is 96.0 cm³/mol. The Kier molecular flexibility index (Phi) is 6.55. The summed E-state index contributed by atoms with van der Waals surface area (Å²) >= 11 is 5.89. The van der Waals surface area contributed by atoms with E-state index in [2.05, 4.69) is 10.4 Å². The average Bonchev–Trinajstić information content (AvgIpc) is 2.58. The van der Waals surface area contributed by atoms with Gasteiger partial charge in [0.2, 0.25) is 5.91 Å². The maximum absolute atomic E-state index is 12.0. The third kappa shape index (κ3) is 4.68. The van der Waals surface area contributed by atoms with Crippen molar-refractivity contribution in [3.05, 3.63) is 51.8 Å². The fourth-order valence-corrected chi connectivity index (χ4v) is 2.60. The van der Waals surface area contributed by atoms with Gasteiger partial charge in [0, 0.05) is 29.1 Å². The van der Waals surface area contributed by atoms with Crippen LogP contribution in [0.15, 0.2) is 41.2 Å². The SMILES string of the molecule is CCC(CC)C(=O)NCCn1nc(-c2ccc(Cl)cc2)ccc1=O. The van der Waals surface area contributed by atoms with Crippen LogP contribution in [0.1, 0.15) is 26.7 Å². The second-order valence-electron chi connectivity index (χ2n) is 5.59. The molecule has 1 aromatic carbocycles. The van der Waals surface area contributed by atoms with Gasteiger partial charge >= 0.3 is 0 Å². The zero-order valence-corrected chi connectivity index (χ0v) is 14.7. The number of aromatic nitrogens is 2. The zero-order valence-electron chi connectivity index (χ0n) is 14.0. The van der Waals surface area contributed by atoms with Crippen molar-refractivity contribution < 1.29 is 4.79 Å². The van der Waals surface area contributed by atoms with E-state index in [9.17, 15) is 9.59 Å². The van der Waals surface area contributed by atoms with Gasteiger partial charge in [-0.15, -0.1) is 0 Å². The summed E-state index contributed by atoms with van der Waals surface area (Å²) in [7, 11) is 0. The highest BCUT2D eigenvalue weighted by Gasteiger charge is 2.13. The summed E-state index contributed by atoms with van der Waals surface area (Å²) in [5.74, 6) is 0.0528. The van der Waals surface area contributed by atoms with Crippen LogP contribution in [0.3, 0.4) is 0 Å². The molecule has 0 radical (unpaired) electrons. The summed E-state index contributed by atoms with van der Waals surface area (Å²) in [4.78, 5) is 23.9. The first-order valence-corrected chi connectivity index (χ1v) is 8.54. The molecule has 1 heterocycles. The molecular weight excluding hydrogens is 326 g/mol. The lowest BCUT2D eigenvalue weighted by molar-refractivity contribution is -0.125. The van der Waals surface area contributed by atoms with E-state index in [1.807, 2.05) is 26.0 Å². The molecule has 1 aromatic heterocycles. The second kappa shape index (κ2) is 8.64. The molecule has 24 heavy (non-hydrogen) atoms. The van der Waals surface area contributed by atoms with Gasteiger partial charge in [-0.25, -0.2) is 4.68 Å². The van der Waals surface area contributed by atoms with Crippen molar-refractivity contribution in [3.63, 3.8) is 0 Å². The van der Waals surface area contributed by atoms with E-state index in [0.29, 0.717) is 23.8 Å². The molecule has 0 aliphatic heterocycles. The van der Waals surface area contributed by atoms with Crippen molar-refractivity contribution in [3.8, 4) is 11.3 Å². The maximum Gasteiger partial charge on any atom is 0.266 e. The van der Waals surface area contributed by atoms with Gasteiger partial charge in [0.05, 0.1) is 12.2 Å². The van der Waals surface area contributed by atoms with Crippen LogP contribution in [0.5, 0.6) is 0 Å². The monoisotopic (exact) mass is 347 g/mol. The maximum atomic E-state index is 12.0. The molecule has 5 nitrogen and oxygen atoms in total. The highest BCUT2D eigenvalue weighted by Crippen LogP contribution is 2.18. The molecule has 128 valence electrons. The topological polar surface area (TPSA) is 64.0 Å². The van der Waals surface area contributed by atoms with Crippen LogP contribution in [-0.2, 0) is 11.3 Å². The van der Waals surface area contributed by atoms with Gasteiger partial charge in [0.25, 0.3) is 5.56 Å². The standard InChI is InChI=1S/C18H22ClN3O2/c1-3-13(4-2)18(24)20-11-12-22-17(23)10-9-16(21-22)14-5-7-15(19)8-6-14/h5-10,13H,3-4,11-12H2,1-2H3,(H,20,24). The molecule has 2 aromatic rings. The van der Waals surface area contributed by atoms with Crippen LogP contribution in [-0.4, -0.2) is 22.2 Å². The summed E-state index contributed by atoms with van der Waals surface area (Å²) in [5.41, 5.74) is 1.39. The Hall–Kier alpha value is -2.14. The summed E-state index contributed by atoms with van der Waals surface area (Å²) in [6, 6.07) is 10.4. The Bertz CT molecular complexity index is 737. The summed E-state index contributed by atoms with van der Waals surface area (Å²) < 4.78 is 1.37. The van der Waals surface area contributed by atoms with E-state index in [1.165, 1.54) is 10.7 Å². The number of amides is 1. The molecule has 0 aliphatic rings. The Morgan fingerprint density at radius 2 is 1.83 bits per heavy atom. The number of rotatable bonds is 7. The van der Waals surface area contributed by atoms with Crippen LogP contribution >= 0.6 is 11.6 Å². The molecule has 1 amide bonds. The van der Waals surface area contributed by atoms with E-state index in [4.69, 9.17) is 11.6 Å². The molecule has 6 heteroatoms. The van der Waals surface area contributed by atoms with Crippen molar-refractivity contribution in [2.45, 2.75) is 33.2 Å². The first kappa shape index (κ1) is 18.2. The molecule has 0 bridgehead atoms. The lowest BCUT2D eigenvalue weighted by Gasteiger charge is -2.13. The van der Waals surface area contributed by atoms with Gasteiger partial charge in [0.1, 0.15) is 0 Å². The van der Waals surface area contributed by atoms with E-state index in [0.717, 1.165) is 18.4 Å². The molecule has 1 N–H and O–H groups in total. The molecule has 0 saturated carbocycles. The molecule has 0 fully saturated rings. The number of hydrogen-bond donors (Lipinski definition) is 1. The molecule has 0 spiro atoms. The van der Waals surface area contributed by atoms with Crippen LogP contribution in [0.2, 0.25) is 5.02 Å². The largest absolute Gasteiger partial charge is 0.354 e. The number of nitrogens with one attached hydrogen (secondary N) is 1. The minimum absolute atomic E-state index is 0.0232. The first-order chi connectivity index (χ1) is 11.5. The fraction of sp³-hybridized carbons (Fsp3) is 0.389. The van der Waals surface area contributed by atoms with Gasteiger partial charge in [-0.2, -0.15) is 5.10 Å². The smallest absolute Gasteiger partial charge is 0.266 e. The van der Waals surface area contributed by atoms with E-state index in [1.54, 1.807) is 18.2 Å². The Morgan fingerprint density at radius 1 is 1.17 bits per heavy atom. The van der Waals surface area contributed by atoms with Crippen molar-refractivity contribution >= 4 is 17.5 Å². The lowest BCUT2D eigenvalue weighted by atomic mass is 10.0. The highest BCUT2D eigenvalue weighted by molar-refractivity contribution is 6.30. The van der Waals surface area contributed by atoms with Crippen LogP contribution in [0.4, 0.5) is 0 Å². The third-order valence-electron chi connectivity index (χ3n) is 3.99. The van der Waals surface area contributed by atoms with Crippen molar-refractivity contribution in [2.75, 3.05) is 6.54 Å². The molecule has 0 aliphatic carbocycles. The Morgan fingerprint density at radius 3 is 2.46 bits per heavy atom. The van der Waals surface area contributed by atoms with Crippen LogP contribution in [0, 0.1) is 5.92 Å². The number of carbonyl (C=O) groups is 1. The summed E-state index contributed by atoms with van der Waals surface area (Å²) in [5, 5.41) is 7.88. The number of carbonyl (C=O) groups excluding carboxylic acids is 1. The molecule has 0 atom stereocenters. The van der Waals surface area contributed by atoms with Crippen molar-refractivity contribution in [1.82, 2.24) is 15.1 Å². The number of benzene rings is 1. The molecule has 0 saturated heterocycles. The van der Waals surface area contributed by atoms with Gasteiger partial charge in [0.15, 0.2) is 0 Å². The summed E-state index contributed by atoms with van der Waals surface area (Å²) in [6.07, 6.45) is 1.62. The quantitative estimate of drug-likeness (QED) is 0.837. The zero-order chi connectivity index (χ0) is 17.5. The van der Waals surface area contributed by atoms with Gasteiger partial charge < -0.3 is 5.32 Å². The van der Waals surface area contributed by atoms with Gasteiger partial charge in [-0.1, -0.05) is 37.6 Å². The van der Waals surface area contributed by atoms with E-state index >= 15 is 0 Å². The highest BCUT2D eigenvalue weighted by atomic mass is 35.5. The van der Waals surface area contributed by atoms with E-state index < -0.39 is 0 Å². The minimum Gasteiger partial charge on any atom is -0.354 e. The minimum atomic E-state index is -0.190. The summed E-state index contributed by atoms with van der Waals surface area (Å²) in [6.45, 7) is 4.71. The van der Waals surface area contributed by atoms with Crippen LogP contribution in [0.25, 0.3) is 11.3 Å². The predicted octanol–water partition coefficient (Wildman–Crippen LogP) is 3.12. The number of halogens is 1. The Balaban J connectivity index is 2.05. The van der Waals surface area contributed by atoms with Crippen molar-refractivity contribution in [1.29, 1.82) is 0 Å². The van der Waals surface area contributed by atoms with Gasteiger partial charge in [-0.3, -0.25) is 9.59 Å². The molecular formula is C18H22ClN3O2. The molecule has 2 rings (SSSR count). The molecule has 0 unspecified atom stereocenters. The second-order valence-corrected chi connectivity index (χ2v) is 6.03. The first-order valence-electron chi connectivity index (χ1n) is 8.17. The fourth-order valence-electron chi connectivity index (χ4n) is 2.47. The van der Waals surface area contributed by atoms with Gasteiger partial charge in [-0.05, 0) is 31.0 Å².